The Morgan fingerprint density at radius 3 is 2.64 bits per heavy atom. The molecular formula is C16H14ClN3O5. The third kappa shape index (κ3) is 4.74. The van der Waals surface area contributed by atoms with Crippen LogP contribution in [0.4, 0.5) is 11.4 Å². The van der Waals surface area contributed by atoms with Gasteiger partial charge >= 0.3 is 5.97 Å². The van der Waals surface area contributed by atoms with Gasteiger partial charge in [-0.15, -0.1) is 0 Å². The predicted octanol–water partition coefficient (Wildman–Crippen LogP) is 3.14. The maximum Gasteiger partial charge on any atom is 0.340 e. The first-order chi connectivity index (χ1) is 11.8. The lowest BCUT2D eigenvalue weighted by atomic mass is 10.2. The Hall–Kier alpha value is -3.00. The number of benzene rings is 1. The highest BCUT2D eigenvalue weighted by atomic mass is 35.5. The molecule has 1 amide bonds. The summed E-state index contributed by atoms with van der Waals surface area (Å²) in [5.74, 6) is -1.38. The zero-order valence-corrected chi connectivity index (χ0v) is 14.1. The molecule has 25 heavy (non-hydrogen) atoms. The topological polar surface area (TPSA) is 111 Å². The van der Waals surface area contributed by atoms with Crippen molar-refractivity contribution in [3.05, 3.63) is 62.9 Å². The normalized spacial score (nSPS) is 11.5. The van der Waals surface area contributed by atoms with Crippen LogP contribution in [0.1, 0.15) is 23.0 Å². The van der Waals surface area contributed by atoms with Gasteiger partial charge in [-0.05, 0) is 32.0 Å². The van der Waals surface area contributed by atoms with Crippen LogP contribution in [0.5, 0.6) is 0 Å². The van der Waals surface area contributed by atoms with E-state index in [2.05, 4.69) is 10.3 Å². The van der Waals surface area contributed by atoms with E-state index in [0.717, 1.165) is 11.8 Å². The van der Waals surface area contributed by atoms with Crippen molar-refractivity contribution in [2.24, 2.45) is 0 Å². The largest absolute Gasteiger partial charge is 0.449 e. The van der Waals surface area contributed by atoms with Gasteiger partial charge in [-0.3, -0.25) is 19.9 Å². The van der Waals surface area contributed by atoms with Gasteiger partial charge in [0.05, 0.1) is 21.2 Å². The predicted molar refractivity (Wildman–Crippen MR) is 90.6 cm³/mol. The van der Waals surface area contributed by atoms with Crippen molar-refractivity contribution in [1.82, 2.24) is 4.98 Å². The number of anilines is 1. The van der Waals surface area contributed by atoms with E-state index in [1.54, 1.807) is 13.0 Å². The Labute approximate surface area is 147 Å². The summed E-state index contributed by atoms with van der Waals surface area (Å²) < 4.78 is 5.06. The molecule has 0 saturated heterocycles. The Morgan fingerprint density at radius 1 is 1.32 bits per heavy atom. The van der Waals surface area contributed by atoms with Gasteiger partial charge in [0.2, 0.25) is 0 Å². The Kier molecular flexibility index (Phi) is 5.66. The lowest BCUT2D eigenvalue weighted by Gasteiger charge is -2.14. The van der Waals surface area contributed by atoms with Gasteiger partial charge in [-0.1, -0.05) is 11.6 Å². The van der Waals surface area contributed by atoms with Crippen LogP contribution in [0, 0.1) is 17.0 Å². The molecule has 2 aromatic rings. The van der Waals surface area contributed by atoms with Gasteiger partial charge in [0, 0.05) is 24.0 Å². The molecule has 0 fully saturated rings. The minimum absolute atomic E-state index is 0.0563. The summed E-state index contributed by atoms with van der Waals surface area (Å²) in [5.41, 5.74) is 0.775. The van der Waals surface area contributed by atoms with Crippen molar-refractivity contribution < 1.29 is 19.2 Å². The summed E-state index contributed by atoms with van der Waals surface area (Å²) in [6.07, 6.45) is 0.212. The van der Waals surface area contributed by atoms with Crippen molar-refractivity contribution in [1.29, 1.82) is 0 Å². The molecule has 0 aliphatic carbocycles. The fourth-order valence-corrected chi connectivity index (χ4v) is 1.99. The molecule has 1 atom stereocenters. The molecule has 0 spiro atoms. The van der Waals surface area contributed by atoms with Gasteiger partial charge in [0.25, 0.3) is 11.6 Å². The summed E-state index contributed by atoms with van der Waals surface area (Å²) in [4.78, 5) is 38.3. The first-order valence-corrected chi connectivity index (χ1v) is 7.54. The van der Waals surface area contributed by atoms with E-state index in [0.29, 0.717) is 0 Å². The zero-order chi connectivity index (χ0) is 18.6. The lowest BCUT2D eigenvalue weighted by molar-refractivity contribution is -0.384. The number of ether oxygens (including phenoxy) is 1. The number of amides is 1. The second-order valence-corrected chi connectivity index (χ2v) is 5.55. The lowest BCUT2D eigenvalue weighted by Crippen LogP contribution is -2.30. The standard InChI is InChI=1S/C16H14ClN3O5/c1-9-3-4-11(8-18-9)16(22)25-10(2)15(21)19-14-7-12(20(23)24)5-6-13(14)17/h3-8,10H,1-2H3,(H,19,21). The molecule has 1 N–H and O–H groups in total. The number of pyridine rings is 1. The zero-order valence-electron chi connectivity index (χ0n) is 13.4. The SMILES string of the molecule is Cc1ccc(C(=O)OC(C)C(=O)Nc2cc([N+](=O)[O-])ccc2Cl)cn1. The minimum atomic E-state index is -1.14. The summed E-state index contributed by atoms with van der Waals surface area (Å²) in [7, 11) is 0. The molecular weight excluding hydrogens is 350 g/mol. The number of nitro groups is 1. The van der Waals surface area contributed by atoms with Crippen molar-refractivity contribution in [3.8, 4) is 0 Å². The fraction of sp³-hybridized carbons (Fsp3) is 0.188. The van der Waals surface area contributed by atoms with Gasteiger partial charge in [-0.25, -0.2) is 4.79 Å². The molecule has 0 aliphatic rings. The number of nitrogens with zero attached hydrogens (tertiary/aromatic N) is 2. The number of halogens is 1. The number of carbonyl (C=O) groups excluding carboxylic acids is 2. The van der Waals surface area contributed by atoms with Crippen LogP contribution in [0.3, 0.4) is 0 Å². The third-order valence-electron chi connectivity index (χ3n) is 3.22. The van der Waals surface area contributed by atoms with Gasteiger partial charge in [-0.2, -0.15) is 0 Å². The number of nitrogens with one attached hydrogen (secondary N) is 1. The van der Waals surface area contributed by atoms with Crippen LogP contribution in [-0.2, 0) is 9.53 Å². The molecule has 0 aliphatic heterocycles. The number of hydrogen-bond acceptors (Lipinski definition) is 6. The van der Waals surface area contributed by atoms with Crippen LogP contribution in [0.2, 0.25) is 5.02 Å². The number of rotatable bonds is 5. The summed E-state index contributed by atoms with van der Waals surface area (Å²) >= 11 is 5.91. The Bertz CT molecular complexity index is 823. The monoisotopic (exact) mass is 363 g/mol. The number of carbonyl (C=O) groups is 2. The smallest absolute Gasteiger partial charge is 0.340 e. The molecule has 1 aromatic heterocycles. The molecule has 1 aromatic carbocycles. The molecule has 130 valence electrons. The van der Waals surface area contributed by atoms with Crippen molar-refractivity contribution in [3.63, 3.8) is 0 Å². The van der Waals surface area contributed by atoms with Crippen molar-refractivity contribution in [2.75, 3.05) is 5.32 Å². The molecule has 8 nitrogen and oxygen atoms in total. The van der Waals surface area contributed by atoms with Gasteiger partial charge in [0.1, 0.15) is 0 Å². The van der Waals surface area contributed by atoms with E-state index in [4.69, 9.17) is 16.3 Å². The highest BCUT2D eigenvalue weighted by molar-refractivity contribution is 6.33. The average molecular weight is 364 g/mol. The van der Waals surface area contributed by atoms with Crippen molar-refractivity contribution in [2.45, 2.75) is 20.0 Å². The van der Waals surface area contributed by atoms with E-state index in [9.17, 15) is 19.7 Å². The van der Waals surface area contributed by atoms with Crippen LogP contribution in [-0.4, -0.2) is 27.9 Å². The molecule has 0 radical (unpaired) electrons. The third-order valence-corrected chi connectivity index (χ3v) is 3.55. The number of esters is 1. The van der Waals surface area contributed by atoms with Gasteiger partial charge in [0.15, 0.2) is 6.10 Å². The maximum absolute atomic E-state index is 12.1. The van der Waals surface area contributed by atoms with E-state index < -0.39 is 22.9 Å². The molecule has 1 unspecified atom stereocenters. The molecule has 0 bridgehead atoms. The highest BCUT2D eigenvalue weighted by Gasteiger charge is 2.21. The second-order valence-electron chi connectivity index (χ2n) is 5.15. The van der Waals surface area contributed by atoms with Gasteiger partial charge < -0.3 is 10.1 Å². The minimum Gasteiger partial charge on any atom is -0.449 e. The van der Waals surface area contributed by atoms with Crippen LogP contribution in [0.25, 0.3) is 0 Å². The molecule has 0 saturated carbocycles. The van der Waals surface area contributed by atoms with Crippen molar-refractivity contribution >= 4 is 34.9 Å². The van der Waals surface area contributed by atoms with E-state index in [-0.39, 0.29) is 22.0 Å². The molecule has 1 heterocycles. The quantitative estimate of drug-likeness (QED) is 0.496. The second kappa shape index (κ2) is 7.71. The number of hydrogen-bond donors (Lipinski definition) is 1. The van der Waals surface area contributed by atoms with Crippen LogP contribution in [0.15, 0.2) is 36.5 Å². The maximum atomic E-state index is 12.1. The summed E-state index contributed by atoms with van der Waals surface area (Å²) in [5, 5.41) is 13.3. The fourth-order valence-electron chi connectivity index (χ4n) is 1.83. The highest BCUT2D eigenvalue weighted by Crippen LogP contribution is 2.26. The molecule has 2 rings (SSSR count). The number of non-ortho nitro benzene ring substituents is 1. The Morgan fingerprint density at radius 2 is 2.04 bits per heavy atom. The average Bonchev–Trinajstić information content (AvgIpc) is 2.57. The van der Waals surface area contributed by atoms with Crippen LogP contribution < -0.4 is 5.32 Å². The molecule has 9 heteroatoms. The Balaban J connectivity index is 2.05. The number of nitro benzene ring substituents is 1. The van der Waals surface area contributed by atoms with E-state index >= 15 is 0 Å². The number of aryl methyl sites for hydroxylation is 1. The van der Waals surface area contributed by atoms with Crippen LogP contribution >= 0.6 is 11.6 Å². The summed E-state index contributed by atoms with van der Waals surface area (Å²) in [6, 6.07) is 6.81. The summed E-state index contributed by atoms with van der Waals surface area (Å²) in [6.45, 7) is 3.15. The first kappa shape index (κ1) is 18.3. The number of aromatic nitrogens is 1. The van der Waals surface area contributed by atoms with E-state index in [1.165, 1.54) is 31.3 Å². The van der Waals surface area contributed by atoms with E-state index in [1.807, 2.05) is 0 Å². The first-order valence-electron chi connectivity index (χ1n) is 7.16.